The van der Waals surface area contributed by atoms with Gasteiger partial charge >= 0.3 is 5.97 Å². The van der Waals surface area contributed by atoms with Gasteiger partial charge in [-0.3, -0.25) is 4.79 Å². The van der Waals surface area contributed by atoms with Crippen molar-refractivity contribution in [3.8, 4) is 6.07 Å². The molecule has 1 aromatic heterocycles. The quantitative estimate of drug-likeness (QED) is 0.210. The van der Waals surface area contributed by atoms with Gasteiger partial charge in [0.2, 0.25) is 0 Å². The number of aromatic nitrogens is 1. The van der Waals surface area contributed by atoms with Crippen LogP contribution in [0.3, 0.4) is 0 Å². The predicted molar refractivity (Wildman–Crippen MR) is 119 cm³/mol. The van der Waals surface area contributed by atoms with Crippen LogP contribution >= 0.6 is 23.1 Å². The SMILES string of the molecule is CCOC(=O)/C(C#N)=C(/Nc1nc(C)c(C(=O)N/N=C(/C)c2ccccc2)s1)SC. The van der Waals surface area contributed by atoms with Crippen LogP contribution in [0.4, 0.5) is 5.13 Å². The van der Waals surface area contributed by atoms with Crippen molar-refractivity contribution in [2.75, 3.05) is 18.2 Å². The van der Waals surface area contributed by atoms with Crippen molar-refractivity contribution in [1.29, 1.82) is 5.26 Å². The number of carbonyl (C=O) groups excluding carboxylic acids is 2. The second-order valence-corrected chi connectivity index (χ2v) is 7.62. The van der Waals surface area contributed by atoms with Gasteiger partial charge in [-0.05, 0) is 32.6 Å². The summed E-state index contributed by atoms with van der Waals surface area (Å²) in [4.78, 5) is 29.2. The van der Waals surface area contributed by atoms with Gasteiger partial charge in [0.25, 0.3) is 5.91 Å². The van der Waals surface area contributed by atoms with E-state index < -0.39 is 11.9 Å². The molecule has 1 heterocycles. The van der Waals surface area contributed by atoms with E-state index in [1.54, 1.807) is 27.0 Å². The van der Waals surface area contributed by atoms with Crippen molar-refractivity contribution in [1.82, 2.24) is 10.4 Å². The molecule has 0 bridgehead atoms. The molecule has 30 heavy (non-hydrogen) atoms. The smallest absolute Gasteiger partial charge is 0.351 e. The first-order chi connectivity index (χ1) is 14.4. The summed E-state index contributed by atoms with van der Waals surface area (Å²) >= 11 is 2.28. The Balaban J connectivity index is 2.19. The van der Waals surface area contributed by atoms with Crippen molar-refractivity contribution in [2.24, 2.45) is 5.10 Å². The fraction of sp³-hybridized carbons (Fsp3) is 0.250. The number of hydrogen-bond donors (Lipinski definition) is 2. The van der Waals surface area contributed by atoms with Gasteiger partial charge < -0.3 is 10.1 Å². The maximum Gasteiger partial charge on any atom is 0.351 e. The zero-order valence-corrected chi connectivity index (χ0v) is 18.6. The van der Waals surface area contributed by atoms with E-state index in [9.17, 15) is 14.9 Å². The molecule has 0 aliphatic heterocycles. The molecule has 156 valence electrons. The number of benzene rings is 1. The van der Waals surface area contributed by atoms with Crippen LogP contribution in [0.1, 0.15) is 34.8 Å². The molecule has 0 fully saturated rings. The van der Waals surface area contributed by atoms with Crippen LogP contribution in [0, 0.1) is 18.3 Å². The van der Waals surface area contributed by atoms with Gasteiger partial charge in [-0.2, -0.15) is 10.4 Å². The highest BCUT2D eigenvalue weighted by Crippen LogP contribution is 2.27. The fourth-order valence-corrected chi connectivity index (χ4v) is 3.75. The Morgan fingerprint density at radius 3 is 2.63 bits per heavy atom. The van der Waals surface area contributed by atoms with E-state index in [2.05, 4.69) is 20.8 Å². The number of thioether (sulfide) groups is 1. The molecule has 10 heteroatoms. The van der Waals surface area contributed by atoms with Crippen LogP contribution < -0.4 is 10.7 Å². The first kappa shape index (κ1) is 23.1. The van der Waals surface area contributed by atoms with Gasteiger partial charge in [0.1, 0.15) is 10.9 Å². The number of amides is 1. The van der Waals surface area contributed by atoms with Crippen molar-refractivity contribution in [2.45, 2.75) is 20.8 Å². The van der Waals surface area contributed by atoms with Gasteiger partial charge in [-0.25, -0.2) is 15.2 Å². The number of anilines is 1. The van der Waals surface area contributed by atoms with Gasteiger partial charge in [0.05, 0.1) is 23.0 Å². The molecule has 2 rings (SSSR count). The predicted octanol–water partition coefficient (Wildman–Crippen LogP) is 3.68. The van der Waals surface area contributed by atoms with Crippen LogP contribution in [0.25, 0.3) is 0 Å². The molecule has 0 spiro atoms. The highest BCUT2D eigenvalue weighted by Gasteiger charge is 2.20. The number of ether oxygens (including phenoxy) is 1. The molecule has 0 unspecified atom stereocenters. The molecule has 0 aliphatic rings. The van der Waals surface area contributed by atoms with Crippen LogP contribution in [0.2, 0.25) is 0 Å². The fourth-order valence-electron chi connectivity index (χ4n) is 2.29. The van der Waals surface area contributed by atoms with Crippen molar-refractivity contribution in [3.63, 3.8) is 0 Å². The number of hydrogen-bond acceptors (Lipinski definition) is 9. The average molecular weight is 444 g/mol. The summed E-state index contributed by atoms with van der Waals surface area (Å²) in [6, 6.07) is 11.3. The largest absolute Gasteiger partial charge is 0.462 e. The maximum absolute atomic E-state index is 12.5. The highest BCUT2D eigenvalue weighted by molar-refractivity contribution is 8.02. The number of esters is 1. The first-order valence-electron chi connectivity index (χ1n) is 8.91. The van der Waals surface area contributed by atoms with Crippen LogP contribution in [-0.2, 0) is 9.53 Å². The Morgan fingerprint density at radius 2 is 2.03 bits per heavy atom. The number of nitrogens with zero attached hydrogens (tertiary/aromatic N) is 3. The Labute approximate surface area is 183 Å². The molecule has 2 aromatic rings. The normalized spacial score (nSPS) is 11.9. The summed E-state index contributed by atoms with van der Waals surface area (Å²) in [6.45, 7) is 5.32. The average Bonchev–Trinajstić information content (AvgIpc) is 3.12. The summed E-state index contributed by atoms with van der Waals surface area (Å²) in [5.74, 6) is -1.11. The molecule has 8 nitrogen and oxygen atoms in total. The third-order valence-electron chi connectivity index (χ3n) is 3.76. The Kier molecular flexibility index (Phi) is 8.58. The summed E-state index contributed by atoms with van der Waals surface area (Å²) < 4.78 is 4.90. The third-order valence-corrected chi connectivity index (χ3v) is 5.55. The van der Waals surface area contributed by atoms with Gasteiger partial charge in [-0.1, -0.05) is 41.7 Å². The van der Waals surface area contributed by atoms with Gasteiger partial charge in [0, 0.05) is 0 Å². The van der Waals surface area contributed by atoms with Crippen LogP contribution in [0.15, 0.2) is 46.0 Å². The Hall–Kier alpha value is -3.16. The zero-order valence-electron chi connectivity index (χ0n) is 17.0. The van der Waals surface area contributed by atoms with E-state index in [1.165, 1.54) is 11.8 Å². The van der Waals surface area contributed by atoms with Crippen molar-refractivity contribution >= 4 is 45.8 Å². The molecular formula is C20H21N5O3S2. The minimum Gasteiger partial charge on any atom is -0.462 e. The lowest BCUT2D eigenvalue weighted by Crippen LogP contribution is -2.19. The second-order valence-electron chi connectivity index (χ2n) is 5.80. The first-order valence-corrected chi connectivity index (χ1v) is 10.9. The number of carbonyl (C=O) groups is 2. The number of nitrogens with one attached hydrogen (secondary N) is 2. The van der Waals surface area contributed by atoms with Crippen molar-refractivity contribution < 1.29 is 14.3 Å². The number of nitriles is 1. The molecule has 0 radical (unpaired) electrons. The molecule has 2 N–H and O–H groups in total. The summed E-state index contributed by atoms with van der Waals surface area (Å²) in [5.41, 5.74) is 4.46. The lowest BCUT2D eigenvalue weighted by atomic mass is 10.1. The lowest BCUT2D eigenvalue weighted by Gasteiger charge is -2.08. The molecule has 0 atom stereocenters. The number of hydrazone groups is 1. The number of aryl methyl sites for hydroxylation is 1. The molecule has 1 amide bonds. The minimum atomic E-state index is -0.714. The topological polar surface area (TPSA) is 116 Å². The van der Waals surface area contributed by atoms with Crippen LogP contribution in [0.5, 0.6) is 0 Å². The number of rotatable bonds is 8. The monoisotopic (exact) mass is 443 g/mol. The standard InChI is InChI=1S/C20H21N5O3S2/c1-5-28-19(27)15(11-21)18(29-4)23-20-22-13(3)16(30-20)17(26)25-24-12(2)14-9-7-6-8-10-14/h6-10H,5H2,1-4H3,(H,22,23)(H,25,26)/b18-15-,24-12-. The van der Waals surface area contributed by atoms with E-state index in [0.717, 1.165) is 16.9 Å². The zero-order chi connectivity index (χ0) is 22.1. The summed E-state index contributed by atoms with van der Waals surface area (Å²) in [6.07, 6.45) is 1.72. The van der Waals surface area contributed by atoms with Crippen LogP contribution in [-0.4, -0.2) is 35.4 Å². The van der Waals surface area contributed by atoms with Gasteiger partial charge in [0.15, 0.2) is 10.7 Å². The molecule has 0 saturated carbocycles. The third kappa shape index (κ3) is 5.92. The Morgan fingerprint density at radius 1 is 1.33 bits per heavy atom. The van der Waals surface area contributed by atoms with E-state index in [0.29, 0.717) is 26.4 Å². The molecule has 0 aliphatic carbocycles. The number of thiazole rings is 1. The minimum absolute atomic E-state index is 0.147. The summed E-state index contributed by atoms with van der Waals surface area (Å²) in [5, 5.41) is 17.1. The molecule has 1 aromatic carbocycles. The van der Waals surface area contributed by atoms with Gasteiger partial charge in [-0.15, -0.1) is 11.8 Å². The summed E-state index contributed by atoms with van der Waals surface area (Å²) in [7, 11) is 0. The molecule has 0 saturated heterocycles. The van der Waals surface area contributed by atoms with E-state index in [4.69, 9.17) is 4.74 Å². The lowest BCUT2D eigenvalue weighted by molar-refractivity contribution is -0.138. The second kappa shape index (κ2) is 11.1. The van der Waals surface area contributed by atoms with E-state index in [1.807, 2.05) is 36.4 Å². The van der Waals surface area contributed by atoms with E-state index in [-0.39, 0.29) is 12.2 Å². The molecular weight excluding hydrogens is 422 g/mol. The highest BCUT2D eigenvalue weighted by atomic mass is 32.2. The van der Waals surface area contributed by atoms with E-state index >= 15 is 0 Å². The maximum atomic E-state index is 12.5. The Bertz CT molecular complexity index is 1020. The van der Waals surface area contributed by atoms with Crippen molar-refractivity contribution in [3.05, 3.63) is 57.1 Å².